The van der Waals surface area contributed by atoms with Gasteiger partial charge in [0.15, 0.2) is 0 Å². The van der Waals surface area contributed by atoms with E-state index >= 15 is 0 Å². The summed E-state index contributed by atoms with van der Waals surface area (Å²) < 4.78 is 0. The van der Waals surface area contributed by atoms with Gasteiger partial charge in [-0.3, -0.25) is 6.08 Å². The summed E-state index contributed by atoms with van der Waals surface area (Å²) in [6.07, 6.45) is 3.44. The van der Waals surface area contributed by atoms with Crippen molar-refractivity contribution in [2.75, 3.05) is 0 Å². The normalized spacial score (nSPS) is 21.4. The van der Waals surface area contributed by atoms with Crippen LogP contribution in [0.4, 0.5) is 0 Å². The predicted molar refractivity (Wildman–Crippen MR) is 46.8 cm³/mol. The molecular weight excluding hydrogens is 310 g/mol. The minimum atomic E-state index is 0. The third kappa shape index (κ3) is 1.82. The Kier molecular flexibility index (Phi) is 3.27. The van der Waals surface area contributed by atoms with Crippen LogP contribution < -0.4 is 0 Å². The van der Waals surface area contributed by atoms with Crippen molar-refractivity contribution in [2.24, 2.45) is 5.41 Å². The van der Waals surface area contributed by atoms with E-state index in [1.165, 1.54) is 16.7 Å². The molecule has 0 saturated heterocycles. The van der Waals surface area contributed by atoms with E-state index in [-0.39, 0.29) is 28.1 Å². The van der Waals surface area contributed by atoms with E-state index in [4.69, 9.17) is 0 Å². The van der Waals surface area contributed by atoms with E-state index in [2.05, 4.69) is 40.7 Å². The molecule has 0 aromatic rings. The Hall–Kier alpha value is 0.116. The van der Waals surface area contributed by atoms with Crippen molar-refractivity contribution in [3.05, 3.63) is 22.8 Å². The van der Waals surface area contributed by atoms with Crippen LogP contribution in [0.15, 0.2) is 16.7 Å². The van der Waals surface area contributed by atoms with Gasteiger partial charge in [-0.15, -0.1) is 6.92 Å². The summed E-state index contributed by atoms with van der Waals surface area (Å²) in [5, 5.41) is 0. The van der Waals surface area contributed by atoms with Gasteiger partial charge in [-0.05, 0) is 0 Å². The van der Waals surface area contributed by atoms with Gasteiger partial charge in [0.1, 0.15) is 0 Å². The quantitative estimate of drug-likeness (QED) is 0.599. The summed E-state index contributed by atoms with van der Waals surface area (Å²) in [7, 11) is 0. The Morgan fingerprint density at radius 2 is 1.64 bits per heavy atom. The number of hydrogen-bond donors (Lipinski definition) is 0. The average Bonchev–Trinajstić information content (AvgIpc) is 1.95. The second-order valence-electron chi connectivity index (χ2n) is 3.62. The maximum Gasteiger partial charge on any atom is 2.00 e. The van der Waals surface area contributed by atoms with Crippen LogP contribution in [-0.2, 0) is 19.8 Å². The summed E-state index contributed by atoms with van der Waals surface area (Å²) in [6, 6.07) is 0. The molecule has 0 aromatic carbocycles. The van der Waals surface area contributed by atoms with Crippen molar-refractivity contribution in [3.8, 4) is 0 Å². The summed E-state index contributed by atoms with van der Waals surface area (Å²) in [5.74, 6) is 0. The molecule has 66 valence electrons. The molecule has 0 heterocycles. The number of rotatable bonds is 0. The molecular formula is C10H17Os-. The zero-order chi connectivity index (χ0) is 7.94. The van der Waals surface area contributed by atoms with Crippen LogP contribution >= 0.6 is 0 Å². The summed E-state index contributed by atoms with van der Waals surface area (Å²) in [6.45, 7) is 10.9. The summed E-state index contributed by atoms with van der Waals surface area (Å²) in [4.78, 5) is 0. The topological polar surface area (TPSA) is 0 Å². The monoisotopic (exact) mass is 329 g/mol. The van der Waals surface area contributed by atoms with Crippen LogP contribution in [-0.4, -0.2) is 0 Å². The molecule has 0 unspecified atom stereocenters. The zero-order valence-corrected chi connectivity index (χ0v) is 10.4. The minimum absolute atomic E-state index is 0. The van der Waals surface area contributed by atoms with Crippen molar-refractivity contribution in [1.29, 1.82) is 0 Å². The van der Waals surface area contributed by atoms with Gasteiger partial charge >= 0.3 is 19.8 Å². The average molecular weight is 327 g/mol. The molecule has 0 saturated carbocycles. The molecule has 1 rings (SSSR count). The molecule has 1 aliphatic rings. The van der Waals surface area contributed by atoms with Crippen LogP contribution in [0.5, 0.6) is 0 Å². The molecule has 0 atom stereocenters. The third-order valence-electron chi connectivity index (χ3n) is 2.56. The predicted octanol–water partition coefficient (Wildman–Crippen LogP) is 3.33. The molecule has 0 fully saturated rings. The van der Waals surface area contributed by atoms with Gasteiger partial charge in [0, 0.05) is 0 Å². The molecule has 0 bridgehead atoms. The van der Waals surface area contributed by atoms with Gasteiger partial charge in [0.25, 0.3) is 0 Å². The van der Waals surface area contributed by atoms with Crippen molar-refractivity contribution in [1.82, 2.24) is 0 Å². The Balaban J connectivity index is -0.000000333. The van der Waals surface area contributed by atoms with Crippen molar-refractivity contribution in [2.45, 2.75) is 34.6 Å². The maximum absolute atomic E-state index is 3.44. The number of hydrogen-bond acceptors (Lipinski definition) is 0. The van der Waals surface area contributed by atoms with Gasteiger partial charge in [-0.1, -0.05) is 33.1 Å². The summed E-state index contributed by atoms with van der Waals surface area (Å²) >= 11 is 0. The number of allylic oxidation sites excluding steroid dienone is 4. The summed E-state index contributed by atoms with van der Waals surface area (Å²) in [5.41, 5.74) is 4.39. The van der Waals surface area contributed by atoms with Gasteiger partial charge in [-0.25, -0.2) is 5.57 Å². The first-order valence-corrected chi connectivity index (χ1v) is 3.75. The van der Waals surface area contributed by atoms with Crippen molar-refractivity contribution < 1.29 is 22.6 Å². The Bertz CT molecular complexity index is 227. The van der Waals surface area contributed by atoms with Gasteiger partial charge in [-0.2, -0.15) is 11.1 Å². The Morgan fingerprint density at radius 1 is 1.18 bits per heavy atom. The first-order chi connectivity index (χ1) is 4.45. The van der Waals surface area contributed by atoms with Gasteiger partial charge in [0.05, 0.1) is 0 Å². The van der Waals surface area contributed by atoms with Crippen LogP contribution in [0.1, 0.15) is 37.5 Å². The SMILES string of the molecule is CC1=[C-]C(C)(C)C(C)=C1C.[H-].[H-].[Os+2]. The van der Waals surface area contributed by atoms with Crippen LogP contribution in [0, 0.1) is 11.5 Å². The van der Waals surface area contributed by atoms with E-state index < -0.39 is 0 Å². The molecule has 1 aliphatic carbocycles. The van der Waals surface area contributed by atoms with E-state index in [0.717, 1.165) is 0 Å². The smallest absolute Gasteiger partial charge is 1.00 e. The Morgan fingerprint density at radius 3 is 1.73 bits per heavy atom. The first-order valence-electron chi connectivity index (χ1n) is 3.75. The zero-order valence-electron chi connectivity index (χ0n) is 9.85. The molecule has 0 aromatic heterocycles. The first kappa shape index (κ1) is 11.1. The molecule has 0 N–H and O–H groups in total. The van der Waals surface area contributed by atoms with E-state index in [1.54, 1.807) is 0 Å². The fraction of sp³-hybridized carbons (Fsp3) is 0.600. The molecule has 0 aliphatic heterocycles. The molecule has 11 heavy (non-hydrogen) atoms. The molecule has 0 spiro atoms. The Labute approximate surface area is 85.8 Å². The second-order valence-corrected chi connectivity index (χ2v) is 3.62. The van der Waals surface area contributed by atoms with Crippen LogP contribution in [0.3, 0.4) is 0 Å². The van der Waals surface area contributed by atoms with Crippen molar-refractivity contribution >= 4 is 0 Å². The molecule has 1 heteroatoms. The van der Waals surface area contributed by atoms with E-state index in [9.17, 15) is 0 Å². The molecule has 0 nitrogen and oxygen atoms in total. The fourth-order valence-electron chi connectivity index (χ4n) is 1.41. The van der Waals surface area contributed by atoms with E-state index in [0.29, 0.717) is 0 Å². The van der Waals surface area contributed by atoms with Crippen LogP contribution in [0.2, 0.25) is 0 Å². The largest absolute Gasteiger partial charge is 2.00 e. The third-order valence-corrected chi connectivity index (χ3v) is 2.56. The van der Waals surface area contributed by atoms with Gasteiger partial charge < -0.3 is 2.85 Å². The molecule has 0 radical (unpaired) electrons. The van der Waals surface area contributed by atoms with Crippen molar-refractivity contribution in [3.63, 3.8) is 0 Å². The minimum Gasteiger partial charge on any atom is -1.00 e. The van der Waals surface area contributed by atoms with Gasteiger partial charge in [0.2, 0.25) is 0 Å². The van der Waals surface area contributed by atoms with E-state index in [1.807, 2.05) is 0 Å². The maximum atomic E-state index is 3.44. The standard InChI is InChI=1S/C10H15.Os.2H/c1-7-6-10(4,5)9(3)8(7)2;;;/h1-5H3;;;/q-1;+2;2*-1. The molecule has 0 amide bonds. The fourth-order valence-corrected chi connectivity index (χ4v) is 1.41. The van der Waals surface area contributed by atoms with Crippen LogP contribution in [0.25, 0.3) is 0 Å². The second kappa shape index (κ2) is 3.24.